The second-order valence-electron chi connectivity index (χ2n) is 11.3. The summed E-state index contributed by atoms with van der Waals surface area (Å²) in [6, 6.07) is 29.8. The van der Waals surface area contributed by atoms with Gasteiger partial charge in [-0.3, -0.25) is 4.79 Å². The fourth-order valence-corrected chi connectivity index (χ4v) is 5.13. The molecule has 3 nitrogen and oxygen atoms in total. The standard InChI is InChI=1S/C37H43NO2.C3H8/c1-4-15-34-24-23-33(37(31-18-8-6-9-19-31)32-20-10-7-11-21-32)27-38(34)25-13-12-16-30-17-14-22-35(26-30)40-28-36(39)29(3)5-2;1-3-2/h6-11,14-15,17-24,26-27,29,37H,4-5,12-13,16,25,28H2,1-3H3;3H2,1-2H3/b34-15-;. The monoisotopic (exact) mass is 577 g/mol. The third-order valence-electron chi connectivity index (χ3n) is 7.65. The van der Waals surface area contributed by atoms with Gasteiger partial charge in [0.2, 0.25) is 0 Å². The third-order valence-corrected chi connectivity index (χ3v) is 7.65. The van der Waals surface area contributed by atoms with E-state index in [1.165, 1.54) is 34.4 Å². The van der Waals surface area contributed by atoms with Crippen molar-refractivity contribution < 1.29 is 9.53 Å². The van der Waals surface area contributed by atoms with Crippen molar-refractivity contribution in [2.24, 2.45) is 5.92 Å². The van der Waals surface area contributed by atoms with Gasteiger partial charge in [-0.05, 0) is 72.6 Å². The van der Waals surface area contributed by atoms with Crippen LogP contribution in [0.5, 0.6) is 5.75 Å². The first-order chi connectivity index (χ1) is 21.0. The number of nitrogens with zero attached hydrogens (tertiary/aromatic N) is 1. The van der Waals surface area contributed by atoms with Gasteiger partial charge >= 0.3 is 0 Å². The van der Waals surface area contributed by atoms with Crippen molar-refractivity contribution in [2.75, 3.05) is 13.2 Å². The number of ketones is 1. The highest BCUT2D eigenvalue weighted by molar-refractivity contribution is 5.82. The molecule has 0 aliphatic carbocycles. The molecule has 0 spiro atoms. The molecule has 0 bridgehead atoms. The zero-order chi connectivity index (χ0) is 30.9. The summed E-state index contributed by atoms with van der Waals surface area (Å²) in [6.45, 7) is 11.6. The SMILES string of the molecule is CC/C=C1/C=CC(C(c2ccccc2)c2ccccc2)=CN1CCCCc1cccc(OCC(=O)C(C)CC)c1.CCC. The normalized spacial score (nSPS) is 14.2. The topological polar surface area (TPSA) is 29.5 Å². The first kappa shape index (κ1) is 33.6. The van der Waals surface area contributed by atoms with Gasteiger partial charge in [-0.2, -0.15) is 0 Å². The van der Waals surface area contributed by atoms with E-state index in [-0.39, 0.29) is 24.2 Å². The Morgan fingerprint density at radius 1 is 0.837 bits per heavy atom. The Morgan fingerprint density at radius 2 is 1.49 bits per heavy atom. The molecule has 1 aliphatic rings. The Balaban J connectivity index is 0.00000162. The summed E-state index contributed by atoms with van der Waals surface area (Å²) in [7, 11) is 0. The van der Waals surface area contributed by atoms with Crippen LogP contribution in [0.4, 0.5) is 0 Å². The molecule has 0 saturated carbocycles. The molecular formula is C40H51NO2. The van der Waals surface area contributed by atoms with Crippen LogP contribution < -0.4 is 4.74 Å². The number of rotatable bonds is 14. The fourth-order valence-electron chi connectivity index (χ4n) is 5.13. The Labute approximate surface area is 261 Å². The molecule has 0 N–H and O–H groups in total. The van der Waals surface area contributed by atoms with Gasteiger partial charge in [0.15, 0.2) is 5.78 Å². The fraction of sp³-hybridized carbons (Fsp3) is 0.375. The summed E-state index contributed by atoms with van der Waals surface area (Å²) >= 11 is 0. The zero-order valence-corrected chi connectivity index (χ0v) is 27.0. The van der Waals surface area contributed by atoms with E-state index in [0.29, 0.717) is 0 Å². The van der Waals surface area contributed by atoms with Gasteiger partial charge in [0.05, 0.1) is 0 Å². The Morgan fingerprint density at radius 3 is 2.09 bits per heavy atom. The van der Waals surface area contributed by atoms with Crippen LogP contribution in [0, 0.1) is 5.92 Å². The first-order valence-electron chi connectivity index (χ1n) is 16.2. The highest BCUT2D eigenvalue weighted by Gasteiger charge is 2.21. The summed E-state index contributed by atoms with van der Waals surface area (Å²) in [5, 5.41) is 0. The van der Waals surface area contributed by atoms with Crippen LogP contribution in [0.2, 0.25) is 0 Å². The summed E-state index contributed by atoms with van der Waals surface area (Å²) in [5.74, 6) is 1.18. The molecule has 1 atom stereocenters. The Bertz CT molecular complexity index is 1280. The van der Waals surface area contributed by atoms with E-state index in [2.05, 4.69) is 123 Å². The van der Waals surface area contributed by atoms with Gasteiger partial charge in [0, 0.05) is 30.3 Å². The number of hydrogen-bond donors (Lipinski definition) is 0. The minimum atomic E-state index is 0.0460. The van der Waals surface area contributed by atoms with E-state index in [0.717, 1.165) is 44.4 Å². The number of ether oxygens (including phenoxy) is 1. The largest absolute Gasteiger partial charge is 0.486 e. The minimum absolute atomic E-state index is 0.0460. The maximum Gasteiger partial charge on any atom is 0.172 e. The molecule has 228 valence electrons. The van der Waals surface area contributed by atoms with Gasteiger partial charge in [-0.1, -0.05) is 126 Å². The molecule has 1 heterocycles. The van der Waals surface area contributed by atoms with Crippen molar-refractivity contribution in [1.82, 2.24) is 4.90 Å². The van der Waals surface area contributed by atoms with Crippen molar-refractivity contribution in [3.8, 4) is 5.75 Å². The lowest BCUT2D eigenvalue weighted by molar-refractivity contribution is -0.124. The number of carbonyl (C=O) groups is 1. The summed E-state index contributed by atoms with van der Waals surface area (Å²) in [5.41, 5.74) is 6.44. The number of allylic oxidation sites excluding steroid dienone is 4. The molecule has 3 heteroatoms. The average Bonchev–Trinajstić information content (AvgIpc) is 3.04. The van der Waals surface area contributed by atoms with Gasteiger partial charge in [-0.25, -0.2) is 0 Å². The molecule has 4 rings (SSSR count). The minimum Gasteiger partial charge on any atom is -0.486 e. The van der Waals surface area contributed by atoms with Crippen LogP contribution in [0.3, 0.4) is 0 Å². The van der Waals surface area contributed by atoms with Crippen molar-refractivity contribution in [1.29, 1.82) is 0 Å². The third kappa shape index (κ3) is 10.7. The maximum absolute atomic E-state index is 12.1. The number of hydrogen-bond acceptors (Lipinski definition) is 3. The predicted molar refractivity (Wildman–Crippen MR) is 182 cm³/mol. The predicted octanol–water partition coefficient (Wildman–Crippen LogP) is 10.3. The molecular weight excluding hydrogens is 526 g/mol. The van der Waals surface area contributed by atoms with E-state index in [9.17, 15) is 4.79 Å². The van der Waals surface area contributed by atoms with Crippen LogP contribution in [0.1, 0.15) is 89.3 Å². The van der Waals surface area contributed by atoms with Crippen LogP contribution in [0.15, 0.2) is 121 Å². The summed E-state index contributed by atoms with van der Waals surface area (Å²) < 4.78 is 5.80. The number of aryl methyl sites for hydroxylation is 1. The molecule has 43 heavy (non-hydrogen) atoms. The van der Waals surface area contributed by atoms with Crippen molar-refractivity contribution in [3.63, 3.8) is 0 Å². The second kappa shape index (κ2) is 18.6. The summed E-state index contributed by atoms with van der Waals surface area (Å²) in [4.78, 5) is 14.6. The molecule has 1 aliphatic heterocycles. The number of unbranched alkanes of at least 4 members (excludes halogenated alkanes) is 1. The van der Waals surface area contributed by atoms with Crippen molar-refractivity contribution >= 4 is 5.78 Å². The van der Waals surface area contributed by atoms with Crippen molar-refractivity contribution in [2.45, 2.75) is 79.1 Å². The molecule has 3 aromatic carbocycles. The number of Topliss-reactive ketones (excluding diaryl/α,β-unsaturated/α-hetero) is 1. The van der Waals surface area contributed by atoms with Crippen molar-refractivity contribution in [3.05, 3.63) is 137 Å². The Hall–Kier alpha value is -3.85. The second-order valence-corrected chi connectivity index (χ2v) is 11.3. The van der Waals surface area contributed by atoms with E-state index >= 15 is 0 Å². The first-order valence-corrected chi connectivity index (χ1v) is 16.2. The Kier molecular flexibility index (Phi) is 14.6. The molecule has 3 aromatic rings. The summed E-state index contributed by atoms with van der Waals surface area (Å²) in [6.07, 6.45) is 15.5. The van der Waals surface area contributed by atoms with Crippen LogP contribution in [-0.4, -0.2) is 23.8 Å². The lowest BCUT2D eigenvalue weighted by Gasteiger charge is -2.30. The van der Waals surface area contributed by atoms with Gasteiger partial charge < -0.3 is 9.64 Å². The van der Waals surface area contributed by atoms with E-state index < -0.39 is 0 Å². The average molecular weight is 578 g/mol. The van der Waals surface area contributed by atoms with E-state index in [1.54, 1.807) is 0 Å². The smallest absolute Gasteiger partial charge is 0.172 e. The molecule has 1 unspecified atom stereocenters. The van der Waals surface area contributed by atoms with Crippen LogP contribution in [0.25, 0.3) is 0 Å². The molecule has 0 saturated heterocycles. The highest BCUT2D eigenvalue weighted by Crippen LogP contribution is 2.35. The lowest BCUT2D eigenvalue weighted by Crippen LogP contribution is -2.22. The van der Waals surface area contributed by atoms with Gasteiger partial charge in [0.25, 0.3) is 0 Å². The molecule has 0 radical (unpaired) electrons. The molecule has 0 fully saturated rings. The van der Waals surface area contributed by atoms with Crippen LogP contribution >= 0.6 is 0 Å². The van der Waals surface area contributed by atoms with E-state index in [4.69, 9.17) is 4.74 Å². The quantitative estimate of drug-likeness (QED) is 0.179. The zero-order valence-electron chi connectivity index (χ0n) is 27.0. The highest BCUT2D eigenvalue weighted by atomic mass is 16.5. The number of benzene rings is 3. The van der Waals surface area contributed by atoms with Gasteiger partial charge in [-0.15, -0.1) is 0 Å². The van der Waals surface area contributed by atoms with Gasteiger partial charge in [0.1, 0.15) is 12.4 Å². The van der Waals surface area contributed by atoms with Crippen LogP contribution in [-0.2, 0) is 11.2 Å². The molecule has 0 aromatic heterocycles. The molecule has 0 amide bonds. The lowest BCUT2D eigenvalue weighted by atomic mass is 9.84. The van der Waals surface area contributed by atoms with E-state index in [1.807, 2.05) is 26.0 Å². The maximum atomic E-state index is 12.1. The number of carbonyl (C=O) groups excluding carboxylic acids is 1.